The summed E-state index contributed by atoms with van der Waals surface area (Å²) >= 11 is 0. The van der Waals surface area contributed by atoms with Gasteiger partial charge in [-0.05, 0) is 48.4 Å². The van der Waals surface area contributed by atoms with Gasteiger partial charge >= 0.3 is 0 Å². The summed E-state index contributed by atoms with van der Waals surface area (Å²) < 4.78 is 27.0. The van der Waals surface area contributed by atoms with Gasteiger partial charge in [-0.1, -0.05) is 27.7 Å². The van der Waals surface area contributed by atoms with Crippen molar-refractivity contribution in [1.82, 2.24) is 9.62 Å². The van der Waals surface area contributed by atoms with Crippen LogP contribution in [0.15, 0.2) is 29.2 Å². The molecule has 134 valence electrons. The SMILES string of the molecule is CC(C)CNS(=O)(=O)c1ccc(C(=O)N2CC(C)CC(C)C2)cc1. The second-order valence-electron chi connectivity index (χ2n) is 7.43. The molecule has 1 N–H and O–H groups in total. The number of likely N-dealkylation sites (tertiary alicyclic amines) is 1. The van der Waals surface area contributed by atoms with Gasteiger partial charge < -0.3 is 4.90 Å². The average molecular weight is 353 g/mol. The Hall–Kier alpha value is -1.40. The summed E-state index contributed by atoms with van der Waals surface area (Å²) in [4.78, 5) is 14.7. The summed E-state index contributed by atoms with van der Waals surface area (Å²) in [5.74, 6) is 1.21. The van der Waals surface area contributed by atoms with Crippen LogP contribution in [0.5, 0.6) is 0 Å². The van der Waals surface area contributed by atoms with Crippen molar-refractivity contribution in [3.05, 3.63) is 29.8 Å². The molecule has 0 aliphatic carbocycles. The Bertz CT molecular complexity index is 658. The van der Waals surface area contributed by atoms with Crippen LogP contribution in [0.25, 0.3) is 0 Å². The van der Waals surface area contributed by atoms with Gasteiger partial charge in [0.25, 0.3) is 5.91 Å². The van der Waals surface area contributed by atoms with E-state index in [0.29, 0.717) is 23.9 Å². The van der Waals surface area contributed by atoms with Gasteiger partial charge in [0, 0.05) is 25.2 Å². The lowest BCUT2D eigenvalue weighted by Crippen LogP contribution is -2.42. The summed E-state index contributed by atoms with van der Waals surface area (Å²) in [6.45, 7) is 10.1. The van der Waals surface area contributed by atoms with Gasteiger partial charge in [-0.2, -0.15) is 0 Å². The van der Waals surface area contributed by atoms with Crippen LogP contribution in [0.2, 0.25) is 0 Å². The van der Waals surface area contributed by atoms with Crippen LogP contribution in [0.3, 0.4) is 0 Å². The molecule has 0 saturated carbocycles. The Morgan fingerprint density at radius 2 is 1.71 bits per heavy atom. The third kappa shape index (κ3) is 4.80. The predicted molar refractivity (Wildman–Crippen MR) is 95.3 cm³/mol. The molecule has 1 aromatic rings. The summed E-state index contributed by atoms with van der Waals surface area (Å²) in [7, 11) is -3.52. The number of rotatable bonds is 5. The number of hydrogen-bond acceptors (Lipinski definition) is 3. The molecule has 24 heavy (non-hydrogen) atoms. The van der Waals surface area contributed by atoms with Crippen LogP contribution in [-0.4, -0.2) is 38.9 Å². The zero-order valence-electron chi connectivity index (χ0n) is 15.0. The van der Waals surface area contributed by atoms with Crippen LogP contribution in [0.1, 0.15) is 44.5 Å². The summed E-state index contributed by atoms with van der Waals surface area (Å²) in [5.41, 5.74) is 0.541. The zero-order valence-corrected chi connectivity index (χ0v) is 15.8. The Labute approximate surface area is 145 Å². The number of hydrogen-bond donors (Lipinski definition) is 1. The van der Waals surface area contributed by atoms with Gasteiger partial charge in [-0.25, -0.2) is 13.1 Å². The first-order valence-corrected chi connectivity index (χ1v) is 10.1. The number of carbonyl (C=O) groups excluding carboxylic acids is 1. The molecule has 1 aliphatic rings. The van der Waals surface area contributed by atoms with Crippen molar-refractivity contribution in [3.63, 3.8) is 0 Å². The normalized spacial score (nSPS) is 22.0. The number of benzene rings is 1. The van der Waals surface area contributed by atoms with E-state index in [-0.39, 0.29) is 16.7 Å². The molecule has 1 fully saturated rings. The van der Waals surface area contributed by atoms with Crippen LogP contribution in [0.4, 0.5) is 0 Å². The van der Waals surface area contributed by atoms with Crippen molar-refractivity contribution in [3.8, 4) is 0 Å². The van der Waals surface area contributed by atoms with Crippen molar-refractivity contribution in [2.75, 3.05) is 19.6 Å². The molecule has 0 aromatic heterocycles. The van der Waals surface area contributed by atoms with Gasteiger partial charge in [-0.15, -0.1) is 0 Å². The zero-order chi connectivity index (χ0) is 17.9. The van der Waals surface area contributed by atoms with Gasteiger partial charge in [-0.3, -0.25) is 4.79 Å². The fourth-order valence-electron chi connectivity index (χ4n) is 3.15. The van der Waals surface area contributed by atoms with E-state index in [1.54, 1.807) is 12.1 Å². The first kappa shape index (κ1) is 18.9. The second-order valence-corrected chi connectivity index (χ2v) is 9.19. The minimum absolute atomic E-state index is 0.0208. The number of sulfonamides is 1. The summed E-state index contributed by atoms with van der Waals surface area (Å²) in [6.07, 6.45) is 1.14. The van der Waals surface area contributed by atoms with E-state index in [9.17, 15) is 13.2 Å². The Morgan fingerprint density at radius 1 is 1.17 bits per heavy atom. The maximum atomic E-state index is 12.6. The topological polar surface area (TPSA) is 66.5 Å². The number of nitrogens with zero attached hydrogens (tertiary/aromatic N) is 1. The molecular formula is C18H28N2O3S. The number of nitrogens with one attached hydrogen (secondary N) is 1. The van der Waals surface area contributed by atoms with Crippen molar-refractivity contribution in [1.29, 1.82) is 0 Å². The van der Waals surface area contributed by atoms with Crippen molar-refractivity contribution < 1.29 is 13.2 Å². The summed E-state index contributed by atoms with van der Waals surface area (Å²) in [6, 6.07) is 6.23. The molecule has 1 amide bonds. The first-order chi connectivity index (χ1) is 11.2. The highest BCUT2D eigenvalue weighted by molar-refractivity contribution is 7.89. The molecular weight excluding hydrogens is 324 g/mol. The molecule has 1 aromatic carbocycles. The highest BCUT2D eigenvalue weighted by Crippen LogP contribution is 2.23. The van der Waals surface area contributed by atoms with Gasteiger partial charge in [0.15, 0.2) is 0 Å². The molecule has 6 heteroatoms. The molecule has 2 atom stereocenters. The minimum atomic E-state index is -3.52. The Kier molecular flexibility index (Phi) is 6.04. The molecule has 5 nitrogen and oxygen atoms in total. The second kappa shape index (κ2) is 7.66. The largest absolute Gasteiger partial charge is 0.338 e. The highest BCUT2D eigenvalue weighted by atomic mass is 32.2. The molecule has 2 rings (SSSR count). The first-order valence-electron chi connectivity index (χ1n) is 8.58. The van der Waals surface area contributed by atoms with Crippen molar-refractivity contribution >= 4 is 15.9 Å². The lowest BCUT2D eigenvalue weighted by Gasteiger charge is -2.35. The Balaban J connectivity index is 2.10. The van der Waals surface area contributed by atoms with Crippen LogP contribution in [0, 0.1) is 17.8 Å². The Morgan fingerprint density at radius 3 is 2.21 bits per heavy atom. The fraction of sp³-hybridized carbons (Fsp3) is 0.611. The monoisotopic (exact) mass is 352 g/mol. The third-order valence-electron chi connectivity index (χ3n) is 4.25. The van der Waals surface area contributed by atoms with Gasteiger partial charge in [0.05, 0.1) is 4.90 Å². The smallest absolute Gasteiger partial charge is 0.253 e. The predicted octanol–water partition coefficient (Wildman–Crippen LogP) is 2.74. The average Bonchev–Trinajstić information content (AvgIpc) is 2.51. The third-order valence-corrected chi connectivity index (χ3v) is 5.69. The fourth-order valence-corrected chi connectivity index (χ4v) is 4.36. The standard InChI is InChI=1S/C18H28N2O3S/c1-13(2)10-19-24(22,23)17-7-5-16(6-8-17)18(21)20-11-14(3)9-15(4)12-20/h5-8,13-15,19H,9-12H2,1-4H3. The van der Waals surface area contributed by atoms with E-state index < -0.39 is 10.0 Å². The number of piperidine rings is 1. The van der Waals surface area contributed by atoms with Crippen molar-refractivity contribution in [2.24, 2.45) is 17.8 Å². The molecule has 0 radical (unpaired) electrons. The molecule has 1 heterocycles. The van der Waals surface area contributed by atoms with E-state index in [1.165, 1.54) is 12.1 Å². The molecule has 1 saturated heterocycles. The molecule has 1 aliphatic heterocycles. The van der Waals surface area contributed by atoms with Crippen molar-refractivity contribution in [2.45, 2.75) is 39.0 Å². The van der Waals surface area contributed by atoms with E-state index >= 15 is 0 Å². The van der Waals surface area contributed by atoms with Gasteiger partial charge in [0.2, 0.25) is 10.0 Å². The quantitative estimate of drug-likeness (QED) is 0.886. The maximum absolute atomic E-state index is 12.6. The molecule has 0 bridgehead atoms. The van der Waals surface area contributed by atoms with E-state index in [1.807, 2.05) is 18.7 Å². The van der Waals surface area contributed by atoms with E-state index in [0.717, 1.165) is 19.5 Å². The van der Waals surface area contributed by atoms with E-state index in [2.05, 4.69) is 18.6 Å². The van der Waals surface area contributed by atoms with Crippen LogP contribution < -0.4 is 4.72 Å². The maximum Gasteiger partial charge on any atom is 0.253 e. The minimum Gasteiger partial charge on any atom is -0.338 e. The van der Waals surface area contributed by atoms with Crippen LogP contribution in [-0.2, 0) is 10.0 Å². The lowest BCUT2D eigenvalue weighted by molar-refractivity contribution is 0.0623. The van der Waals surface area contributed by atoms with E-state index in [4.69, 9.17) is 0 Å². The lowest BCUT2D eigenvalue weighted by atomic mass is 9.91. The number of carbonyl (C=O) groups is 1. The molecule has 0 spiro atoms. The summed E-state index contributed by atoms with van der Waals surface area (Å²) in [5, 5.41) is 0. The molecule has 2 unspecified atom stereocenters. The number of amides is 1. The van der Waals surface area contributed by atoms with Gasteiger partial charge in [0.1, 0.15) is 0 Å². The highest BCUT2D eigenvalue weighted by Gasteiger charge is 2.26. The van der Waals surface area contributed by atoms with Crippen LogP contribution >= 0.6 is 0 Å².